The zero-order valence-electron chi connectivity index (χ0n) is 10.4. The molecule has 1 aliphatic rings. The van der Waals surface area contributed by atoms with E-state index in [1.165, 1.54) is 0 Å². The molecular weight excluding hydrogens is 372 g/mol. The SMILES string of the molecule is [B]C1OC(COP(=O)([O-])OP(=O)([O-])OP(=O)([O-])O)C(O)C1O. The van der Waals surface area contributed by atoms with E-state index in [4.69, 9.17) is 17.5 Å². The smallest absolute Gasteiger partial charge is 0.280 e. The van der Waals surface area contributed by atoms with Crippen molar-refractivity contribution in [2.24, 2.45) is 0 Å². The Labute approximate surface area is 124 Å². The third-order valence-electron chi connectivity index (χ3n) is 2.20. The van der Waals surface area contributed by atoms with Crippen LogP contribution in [0.25, 0.3) is 0 Å². The topological polar surface area (TPSA) is 218 Å². The molecule has 0 bridgehead atoms. The molecule has 128 valence electrons. The van der Waals surface area contributed by atoms with E-state index in [0.717, 1.165) is 0 Å². The number of aliphatic hydroxyl groups excluding tert-OH is 2. The second-order valence-corrected chi connectivity index (χ2v) is 8.23. The average Bonchev–Trinajstić information content (AvgIpc) is 2.49. The molecule has 22 heavy (non-hydrogen) atoms. The molecule has 0 saturated carbocycles. The third kappa shape index (κ3) is 6.46. The van der Waals surface area contributed by atoms with Crippen molar-refractivity contribution in [3.8, 4) is 0 Å². The maximum absolute atomic E-state index is 11.2. The summed E-state index contributed by atoms with van der Waals surface area (Å²) >= 11 is 0. The Morgan fingerprint density at radius 3 is 2.00 bits per heavy atom. The van der Waals surface area contributed by atoms with Crippen LogP contribution in [0.1, 0.15) is 0 Å². The van der Waals surface area contributed by atoms with Crippen LogP contribution in [-0.4, -0.2) is 53.9 Å². The molecule has 17 heteroatoms. The molecule has 0 spiro atoms. The highest BCUT2D eigenvalue weighted by Gasteiger charge is 2.40. The first-order valence-electron chi connectivity index (χ1n) is 5.23. The molecule has 1 heterocycles. The fourth-order valence-electron chi connectivity index (χ4n) is 1.37. The number of hydrogen-bond donors (Lipinski definition) is 3. The van der Waals surface area contributed by atoms with Crippen LogP contribution in [0, 0.1) is 0 Å². The van der Waals surface area contributed by atoms with Gasteiger partial charge in [0, 0.05) is 6.00 Å². The highest BCUT2D eigenvalue weighted by atomic mass is 31.3. The van der Waals surface area contributed by atoms with Gasteiger partial charge in [0.05, 0.1) is 12.7 Å². The van der Waals surface area contributed by atoms with Crippen molar-refractivity contribution in [1.29, 1.82) is 0 Å². The Morgan fingerprint density at radius 1 is 1.05 bits per heavy atom. The minimum absolute atomic E-state index is 0.999. The van der Waals surface area contributed by atoms with Crippen molar-refractivity contribution in [3.63, 3.8) is 0 Å². The van der Waals surface area contributed by atoms with Crippen molar-refractivity contribution >= 4 is 31.3 Å². The summed E-state index contributed by atoms with van der Waals surface area (Å²) in [5.74, 6) is 0. The fourth-order valence-corrected chi connectivity index (χ4v) is 4.26. The summed E-state index contributed by atoms with van der Waals surface area (Å²) in [5.41, 5.74) is 0. The summed E-state index contributed by atoms with van der Waals surface area (Å²) < 4.78 is 47.4. The van der Waals surface area contributed by atoms with Gasteiger partial charge in [-0.05, 0) is 0 Å². The standard InChI is InChI=1S/C5H12BO13P3/c6-5-4(8)3(7)2(17-5)1-16-21(12,13)19-22(14,15)18-20(9,10)11/h2-5,7-8H,1H2,(H,12,13)(H,14,15)(H2,9,10,11)/p-3. The van der Waals surface area contributed by atoms with Crippen molar-refractivity contribution < 1.29 is 61.4 Å². The Hall–Kier alpha value is 0.355. The molecule has 0 aliphatic carbocycles. The van der Waals surface area contributed by atoms with Gasteiger partial charge in [-0.25, -0.2) is 8.62 Å². The molecule has 0 aromatic carbocycles. The lowest BCUT2D eigenvalue weighted by Crippen LogP contribution is -2.34. The molecule has 1 rings (SSSR count). The number of hydrogen-bond acceptors (Lipinski definition) is 12. The molecule has 0 amide bonds. The number of aliphatic hydroxyl groups is 2. The molecule has 1 saturated heterocycles. The van der Waals surface area contributed by atoms with Crippen LogP contribution in [0.3, 0.4) is 0 Å². The molecule has 7 atom stereocenters. The van der Waals surface area contributed by atoms with E-state index in [0.29, 0.717) is 0 Å². The maximum atomic E-state index is 11.2. The molecule has 3 N–H and O–H groups in total. The first kappa shape index (κ1) is 20.4. The molecule has 1 aliphatic heterocycles. The second kappa shape index (κ2) is 7.08. The summed E-state index contributed by atoms with van der Waals surface area (Å²) in [6, 6.07) is -1.33. The highest BCUT2D eigenvalue weighted by molar-refractivity contribution is 7.65. The van der Waals surface area contributed by atoms with Gasteiger partial charge in [0.1, 0.15) is 20.1 Å². The predicted molar refractivity (Wildman–Crippen MR) is 59.6 cm³/mol. The number of ether oxygens (including phenoxy) is 1. The number of phosphoric acid groups is 3. The van der Waals surface area contributed by atoms with Crippen LogP contribution in [0.4, 0.5) is 0 Å². The summed E-state index contributed by atoms with van der Waals surface area (Å²) in [5, 5.41) is 18.6. The van der Waals surface area contributed by atoms with Crippen LogP contribution >= 0.6 is 23.5 Å². The third-order valence-corrected chi connectivity index (χ3v) is 5.89. The van der Waals surface area contributed by atoms with Crippen LogP contribution in [-0.2, 0) is 31.6 Å². The highest BCUT2D eigenvalue weighted by Crippen LogP contribution is 2.61. The van der Waals surface area contributed by atoms with Gasteiger partial charge in [0.25, 0.3) is 23.5 Å². The van der Waals surface area contributed by atoms with E-state index in [-0.39, 0.29) is 0 Å². The van der Waals surface area contributed by atoms with Crippen LogP contribution in [0.2, 0.25) is 0 Å². The number of phosphoric ester groups is 1. The normalized spacial score (nSPS) is 37.2. The Morgan fingerprint density at radius 2 is 1.59 bits per heavy atom. The van der Waals surface area contributed by atoms with Gasteiger partial charge in [0.2, 0.25) is 0 Å². The van der Waals surface area contributed by atoms with E-state index in [2.05, 4.69) is 13.1 Å². The summed E-state index contributed by atoms with van der Waals surface area (Å²) in [7, 11) is -12.3. The van der Waals surface area contributed by atoms with Crippen LogP contribution in [0.15, 0.2) is 0 Å². The summed E-state index contributed by atoms with van der Waals surface area (Å²) in [4.78, 5) is 40.4. The Kier molecular flexibility index (Phi) is 6.56. The van der Waals surface area contributed by atoms with E-state index in [1.54, 1.807) is 0 Å². The zero-order valence-corrected chi connectivity index (χ0v) is 13.0. The average molecular weight is 381 g/mol. The minimum Gasteiger partial charge on any atom is -0.756 e. The summed E-state index contributed by atoms with van der Waals surface area (Å²) in [6.07, 6.45) is -4.58. The van der Waals surface area contributed by atoms with Gasteiger partial charge < -0.3 is 39.0 Å². The quantitative estimate of drug-likeness (QED) is 0.284. The van der Waals surface area contributed by atoms with E-state index in [1.807, 2.05) is 0 Å². The van der Waals surface area contributed by atoms with Gasteiger partial charge in [-0.3, -0.25) is 13.7 Å². The lowest BCUT2D eigenvalue weighted by Gasteiger charge is -2.33. The van der Waals surface area contributed by atoms with E-state index >= 15 is 0 Å². The first-order valence-corrected chi connectivity index (χ1v) is 9.64. The molecule has 7 unspecified atom stereocenters. The van der Waals surface area contributed by atoms with E-state index < -0.39 is 54.4 Å². The van der Waals surface area contributed by atoms with Crippen LogP contribution in [0.5, 0.6) is 0 Å². The maximum Gasteiger partial charge on any atom is 0.280 e. The fraction of sp³-hybridized carbons (Fsp3) is 1.00. The molecule has 0 aromatic heterocycles. The predicted octanol–water partition coefficient (Wildman–Crippen LogP) is -3.95. The van der Waals surface area contributed by atoms with Crippen molar-refractivity contribution in [2.45, 2.75) is 24.3 Å². The zero-order chi connectivity index (χ0) is 17.3. The van der Waals surface area contributed by atoms with Gasteiger partial charge in [-0.1, -0.05) is 0 Å². The lowest BCUT2D eigenvalue weighted by molar-refractivity contribution is -0.250. The van der Waals surface area contributed by atoms with Crippen LogP contribution < -0.4 is 14.7 Å². The summed E-state index contributed by atoms with van der Waals surface area (Å²) in [6.45, 7) is -0.999. The Bertz CT molecular complexity index is 532. The lowest BCUT2D eigenvalue weighted by atomic mass is 9.93. The molecule has 13 nitrogen and oxygen atoms in total. The van der Waals surface area contributed by atoms with E-state index in [9.17, 15) is 38.6 Å². The van der Waals surface area contributed by atoms with Gasteiger partial charge >= 0.3 is 0 Å². The van der Waals surface area contributed by atoms with Gasteiger partial charge in [0.15, 0.2) is 0 Å². The van der Waals surface area contributed by atoms with Crippen molar-refractivity contribution in [2.75, 3.05) is 6.61 Å². The van der Waals surface area contributed by atoms with Gasteiger partial charge in [-0.15, -0.1) is 0 Å². The Balaban J connectivity index is 2.60. The van der Waals surface area contributed by atoms with Crippen molar-refractivity contribution in [1.82, 2.24) is 0 Å². The molecular formula is C5H9BO13P3-3. The van der Waals surface area contributed by atoms with Crippen molar-refractivity contribution in [3.05, 3.63) is 0 Å². The number of rotatable bonds is 7. The monoisotopic (exact) mass is 381 g/mol. The molecule has 2 radical (unpaired) electrons. The molecule has 1 fully saturated rings. The molecule has 0 aromatic rings. The van der Waals surface area contributed by atoms with Gasteiger partial charge in [-0.2, -0.15) is 0 Å². The second-order valence-electron chi connectivity index (χ2n) is 3.94. The minimum atomic E-state index is -5.99. The largest absolute Gasteiger partial charge is 0.756 e. The first-order chi connectivity index (χ1) is 9.72.